The van der Waals surface area contributed by atoms with Crippen LogP contribution in [0.2, 0.25) is 0 Å². The Balaban J connectivity index is 1.99. The number of carbonyl (C=O) groups is 1. The SMILES string of the molecule is CCC1NC(CC)N(CC2CCCCN2C)C1=O. The number of carbonyl (C=O) groups excluding carboxylic acids is 1. The van der Waals surface area contributed by atoms with E-state index in [9.17, 15) is 4.79 Å². The van der Waals surface area contributed by atoms with Gasteiger partial charge in [0.1, 0.15) is 0 Å². The summed E-state index contributed by atoms with van der Waals surface area (Å²) in [5.74, 6) is 0.309. The third kappa shape index (κ3) is 2.69. The first-order valence-electron chi connectivity index (χ1n) is 7.44. The van der Waals surface area contributed by atoms with E-state index in [0.717, 1.165) is 19.4 Å². The Morgan fingerprint density at radius 2 is 2.06 bits per heavy atom. The summed E-state index contributed by atoms with van der Waals surface area (Å²) in [6.45, 7) is 6.31. The van der Waals surface area contributed by atoms with Crippen LogP contribution in [0.3, 0.4) is 0 Å². The average Bonchev–Trinajstić information content (AvgIpc) is 2.69. The van der Waals surface area contributed by atoms with Crippen LogP contribution in [-0.4, -0.2) is 54.1 Å². The van der Waals surface area contributed by atoms with E-state index in [0.29, 0.717) is 11.9 Å². The number of hydrogen-bond acceptors (Lipinski definition) is 3. The normalized spacial score (nSPS) is 34.3. The Morgan fingerprint density at radius 1 is 1.28 bits per heavy atom. The molecule has 0 spiro atoms. The predicted octanol–water partition coefficient (Wildman–Crippen LogP) is 1.42. The fraction of sp³-hybridized carbons (Fsp3) is 0.929. The lowest BCUT2D eigenvalue weighted by Crippen LogP contribution is -2.48. The minimum atomic E-state index is 0.0452. The van der Waals surface area contributed by atoms with Gasteiger partial charge >= 0.3 is 0 Å². The summed E-state index contributed by atoms with van der Waals surface area (Å²) in [7, 11) is 2.19. The van der Waals surface area contributed by atoms with Crippen LogP contribution in [0.1, 0.15) is 46.0 Å². The van der Waals surface area contributed by atoms with Gasteiger partial charge in [0.05, 0.1) is 12.2 Å². The van der Waals surface area contributed by atoms with Gasteiger partial charge in [-0.3, -0.25) is 10.1 Å². The molecule has 2 fully saturated rings. The van der Waals surface area contributed by atoms with Crippen molar-refractivity contribution in [3.8, 4) is 0 Å². The summed E-state index contributed by atoms with van der Waals surface area (Å²) in [6, 6.07) is 0.595. The molecule has 3 atom stereocenters. The standard InChI is InChI=1S/C14H27N3O/c1-4-12-14(18)17(13(5-2)15-12)10-11-8-6-7-9-16(11)3/h11-13,15H,4-10H2,1-3H3. The summed E-state index contributed by atoms with van der Waals surface area (Å²) in [6.07, 6.45) is 5.98. The minimum Gasteiger partial charge on any atom is -0.324 e. The van der Waals surface area contributed by atoms with E-state index in [1.165, 1.54) is 25.8 Å². The van der Waals surface area contributed by atoms with Gasteiger partial charge in [-0.25, -0.2) is 0 Å². The smallest absolute Gasteiger partial charge is 0.241 e. The number of likely N-dealkylation sites (tertiary alicyclic amines) is 1. The number of likely N-dealkylation sites (N-methyl/N-ethyl adjacent to an activating group) is 1. The maximum Gasteiger partial charge on any atom is 0.241 e. The number of nitrogens with one attached hydrogen (secondary N) is 1. The molecule has 0 aromatic carbocycles. The Hall–Kier alpha value is -0.610. The molecule has 4 nitrogen and oxygen atoms in total. The van der Waals surface area contributed by atoms with Crippen molar-refractivity contribution in [1.82, 2.24) is 15.1 Å². The molecular formula is C14H27N3O. The fourth-order valence-electron chi connectivity index (χ4n) is 3.20. The summed E-state index contributed by atoms with van der Waals surface area (Å²) in [4.78, 5) is 16.8. The summed E-state index contributed by atoms with van der Waals surface area (Å²) >= 11 is 0. The molecule has 2 rings (SSSR count). The van der Waals surface area contributed by atoms with Gasteiger partial charge in [-0.05, 0) is 39.3 Å². The number of rotatable bonds is 4. The lowest BCUT2D eigenvalue weighted by atomic mass is 10.0. The van der Waals surface area contributed by atoms with Crippen LogP contribution >= 0.6 is 0 Å². The van der Waals surface area contributed by atoms with Crippen LogP contribution in [0.5, 0.6) is 0 Å². The molecule has 1 amide bonds. The maximum atomic E-state index is 12.3. The van der Waals surface area contributed by atoms with Gasteiger partial charge in [-0.15, -0.1) is 0 Å². The molecular weight excluding hydrogens is 226 g/mol. The highest BCUT2D eigenvalue weighted by molar-refractivity contribution is 5.84. The number of hydrogen-bond donors (Lipinski definition) is 1. The van der Waals surface area contributed by atoms with Crippen molar-refractivity contribution in [1.29, 1.82) is 0 Å². The molecule has 2 heterocycles. The highest BCUT2D eigenvalue weighted by atomic mass is 16.2. The van der Waals surface area contributed by atoms with Gasteiger partial charge in [0, 0.05) is 12.6 Å². The van der Waals surface area contributed by atoms with Crippen molar-refractivity contribution in [2.45, 2.75) is 64.2 Å². The maximum absolute atomic E-state index is 12.3. The Morgan fingerprint density at radius 3 is 2.67 bits per heavy atom. The summed E-state index contributed by atoms with van der Waals surface area (Å²) in [5.41, 5.74) is 0. The minimum absolute atomic E-state index is 0.0452. The first kappa shape index (κ1) is 13.8. The first-order chi connectivity index (χ1) is 8.67. The second-order valence-corrected chi connectivity index (χ2v) is 5.67. The molecule has 104 valence electrons. The van der Waals surface area contributed by atoms with Gasteiger partial charge in [-0.2, -0.15) is 0 Å². The monoisotopic (exact) mass is 253 g/mol. The molecule has 18 heavy (non-hydrogen) atoms. The predicted molar refractivity (Wildman–Crippen MR) is 73.3 cm³/mol. The van der Waals surface area contributed by atoms with Crippen LogP contribution in [0.4, 0.5) is 0 Å². The molecule has 0 radical (unpaired) electrons. The molecule has 0 aliphatic carbocycles. The van der Waals surface area contributed by atoms with E-state index >= 15 is 0 Å². The van der Waals surface area contributed by atoms with E-state index in [-0.39, 0.29) is 12.2 Å². The van der Waals surface area contributed by atoms with Gasteiger partial charge in [0.15, 0.2) is 0 Å². The highest BCUT2D eigenvalue weighted by Crippen LogP contribution is 2.21. The second-order valence-electron chi connectivity index (χ2n) is 5.67. The van der Waals surface area contributed by atoms with Gasteiger partial charge < -0.3 is 9.80 Å². The molecule has 1 N–H and O–H groups in total. The Labute approximate surface area is 111 Å². The van der Waals surface area contributed by atoms with E-state index < -0.39 is 0 Å². The van der Waals surface area contributed by atoms with Crippen LogP contribution in [0.15, 0.2) is 0 Å². The third-order valence-electron chi connectivity index (χ3n) is 4.47. The molecule has 2 aliphatic rings. The molecule has 0 saturated carbocycles. The van der Waals surface area contributed by atoms with Gasteiger partial charge in [0.2, 0.25) is 5.91 Å². The fourth-order valence-corrected chi connectivity index (χ4v) is 3.20. The third-order valence-corrected chi connectivity index (χ3v) is 4.47. The van der Waals surface area contributed by atoms with Crippen molar-refractivity contribution < 1.29 is 4.79 Å². The average molecular weight is 253 g/mol. The van der Waals surface area contributed by atoms with Crippen molar-refractivity contribution >= 4 is 5.91 Å². The van der Waals surface area contributed by atoms with Crippen molar-refractivity contribution in [3.63, 3.8) is 0 Å². The zero-order valence-corrected chi connectivity index (χ0v) is 12.0. The van der Waals surface area contributed by atoms with Crippen LogP contribution < -0.4 is 5.32 Å². The number of piperidine rings is 1. The van der Waals surface area contributed by atoms with E-state index in [1.807, 2.05) is 0 Å². The topological polar surface area (TPSA) is 35.6 Å². The lowest BCUT2D eigenvalue weighted by molar-refractivity contribution is -0.131. The van der Waals surface area contributed by atoms with Crippen molar-refractivity contribution in [2.24, 2.45) is 0 Å². The zero-order chi connectivity index (χ0) is 13.1. The first-order valence-corrected chi connectivity index (χ1v) is 7.44. The molecule has 4 heteroatoms. The van der Waals surface area contributed by atoms with Gasteiger partial charge in [0.25, 0.3) is 0 Å². The Kier molecular flexibility index (Phi) is 4.62. The molecule has 0 aromatic rings. The lowest BCUT2D eigenvalue weighted by Gasteiger charge is -2.36. The molecule has 2 saturated heterocycles. The van der Waals surface area contributed by atoms with Crippen LogP contribution in [0, 0.1) is 0 Å². The zero-order valence-electron chi connectivity index (χ0n) is 12.0. The summed E-state index contributed by atoms with van der Waals surface area (Å²) < 4.78 is 0. The number of nitrogens with zero attached hydrogens (tertiary/aromatic N) is 2. The molecule has 0 aromatic heterocycles. The second kappa shape index (κ2) is 6.02. The van der Waals surface area contributed by atoms with Crippen molar-refractivity contribution in [2.75, 3.05) is 20.1 Å². The molecule has 2 aliphatic heterocycles. The molecule has 0 bridgehead atoms. The van der Waals surface area contributed by atoms with Crippen LogP contribution in [0.25, 0.3) is 0 Å². The Bertz CT molecular complexity index is 295. The number of amides is 1. The van der Waals surface area contributed by atoms with Crippen LogP contribution in [-0.2, 0) is 4.79 Å². The largest absolute Gasteiger partial charge is 0.324 e. The summed E-state index contributed by atoms with van der Waals surface area (Å²) in [5, 5.41) is 3.45. The van der Waals surface area contributed by atoms with E-state index in [4.69, 9.17) is 0 Å². The highest BCUT2D eigenvalue weighted by Gasteiger charge is 2.38. The van der Waals surface area contributed by atoms with Gasteiger partial charge in [-0.1, -0.05) is 20.3 Å². The van der Waals surface area contributed by atoms with Crippen molar-refractivity contribution in [3.05, 3.63) is 0 Å². The molecule has 3 unspecified atom stereocenters. The van der Waals surface area contributed by atoms with E-state index in [1.54, 1.807) is 0 Å². The quantitative estimate of drug-likeness (QED) is 0.823. The van der Waals surface area contributed by atoms with E-state index in [2.05, 4.69) is 36.0 Å².